The fourth-order valence-corrected chi connectivity index (χ4v) is 18.7. The van der Waals surface area contributed by atoms with Crippen molar-refractivity contribution < 1.29 is 101 Å². The molecule has 3 saturated carbocycles. The number of rotatable bonds is 34. The van der Waals surface area contributed by atoms with Crippen molar-refractivity contribution >= 4 is 96.8 Å². The molecule has 17 rings (SSSR count). The first-order valence-corrected chi connectivity index (χ1v) is 50.6. The van der Waals surface area contributed by atoms with Gasteiger partial charge in [0.15, 0.2) is 37.6 Å². The van der Waals surface area contributed by atoms with Gasteiger partial charge in [0.25, 0.3) is 27.8 Å². The van der Waals surface area contributed by atoms with Crippen molar-refractivity contribution in [1.29, 1.82) is 0 Å². The first-order valence-electron chi connectivity index (χ1n) is 46.5. The number of anilines is 3. The molecule has 4 fully saturated rings. The first-order chi connectivity index (χ1) is 69.2. The van der Waals surface area contributed by atoms with Crippen molar-refractivity contribution in [3.8, 4) is 65.9 Å². The zero-order valence-electron chi connectivity index (χ0n) is 79.4. The molecule has 0 radical (unpaired) electrons. The number of aromatic nitrogens is 18. The molecule has 40 nitrogen and oxygen atoms in total. The van der Waals surface area contributed by atoms with E-state index in [-0.39, 0.29) is 154 Å². The molecule has 13 aromatic rings. The van der Waals surface area contributed by atoms with Crippen LogP contribution in [0, 0.1) is 47.1 Å². The highest BCUT2D eigenvalue weighted by atomic mass is 32.2. The number of morpholine rings is 1. The smallest absolute Gasteiger partial charge is 0.324 e. The van der Waals surface area contributed by atoms with Gasteiger partial charge in [-0.25, -0.2) is 57.1 Å². The quantitative estimate of drug-likeness (QED) is 0.00717. The number of hydrogen-bond acceptors (Lipinski definition) is 33. The third-order valence-electron chi connectivity index (χ3n) is 23.7. The summed E-state index contributed by atoms with van der Waals surface area (Å²) < 4.78 is 163. The molecule has 8 N–H and O–H groups in total. The van der Waals surface area contributed by atoms with Crippen LogP contribution in [0.5, 0.6) is 0 Å². The predicted molar refractivity (Wildman–Crippen MR) is 516 cm³/mol. The lowest BCUT2D eigenvalue weighted by Gasteiger charge is -2.28. The molecule has 1 aliphatic heterocycles. The molecule has 12 aromatic heterocycles. The predicted octanol–water partition coefficient (Wildman–Crippen LogP) is 14.7. The van der Waals surface area contributed by atoms with E-state index in [1.165, 1.54) is 72.6 Å². The van der Waals surface area contributed by atoms with Crippen LogP contribution in [0.4, 0.5) is 43.4 Å². The van der Waals surface area contributed by atoms with Gasteiger partial charge in [0.1, 0.15) is 78.4 Å². The molecule has 3 amide bonds. The number of hydrogen-bond donors (Lipinski definition) is 6. The Morgan fingerprint density at radius 3 is 1.06 bits per heavy atom. The number of thiazole rings is 3. The minimum Gasteiger partial charge on any atom is -0.441 e. The summed E-state index contributed by atoms with van der Waals surface area (Å²) in [5.74, 6) is -8.11. The number of benzene rings is 1. The average molecular weight is 2070 g/mol. The van der Waals surface area contributed by atoms with E-state index < -0.39 is 87.2 Å². The molecule has 4 aliphatic rings. The van der Waals surface area contributed by atoms with Crippen molar-refractivity contribution in [2.45, 2.75) is 199 Å². The van der Waals surface area contributed by atoms with Crippen molar-refractivity contribution in [3.05, 3.63) is 191 Å². The van der Waals surface area contributed by atoms with Crippen LogP contribution in [0.2, 0.25) is 0 Å². The van der Waals surface area contributed by atoms with Gasteiger partial charge in [-0.3, -0.25) is 52.3 Å². The lowest BCUT2D eigenvalue weighted by atomic mass is 9.93. The lowest BCUT2D eigenvalue weighted by Crippen LogP contribution is -2.40. The summed E-state index contributed by atoms with van der Waals surface area (Å²) >= 11 is 3.67. The highest BCUT2D eigenvalue weighted by Gasteiger charge is 2.34. The molecule has 1 saturated heterocycles. The minimum atomic E-state index is -4.00. The van der Waals surface area contributed by atoms with Crippen molar-refractivity contribution in [2.24, 2.45) is 23.3 Å². The molecule has 3 aliphatic carbocycles. The van der Waals surface area contributed by atoms with Gasteiger partial charge in [-0.15, -0.1) is 34.0 Å². The van der Waals surface area contributed by atoms with E-state index >= 15 is 0 Å². The van der Waals surface area contributed by atoms with Gasteiger partial charge in [0.05, 0.1) is 96.7 Å². The van der Waals surface area contributed by atoms with Gasteiger partial charge in [-0.05, 0) is 158 Å². The van der Waals surface area contributed by atoms with Crippen LogP contribution >= 0.6 is 34.0 Å². The molecule has 1 aromatic carbocycles. The van der Waals surface area contributed by atoms with Crippen LogP contribution in [-0.4, -0.2) is 225 Å². The zero-order chi connectivity index (χ0) is 102. The van der Waals surface area contributed by atoms with E-state index in [0.717, 1.165) is 113 Å². The summed E-state index contributed by atoms with van der Waals surface area (Å²) in [5, 5.41) is 40.8. The van der Waals surface area contributed by atoms with E-state index in [4.69, 9.17) is 49.2 Å². The van der Waals surface area contributed by atoms with Crippen LogP contribution < -0.4 is 27.4 Å². The van der Waals surface area contributed by atoms with Gasteiger partial charge in [0, 0.05) is 103 Å². The number of pyridine rings is 3. The summed E-state index contributed by atoms with van der Waals surface area (Å²) in [5.41, 5.74) is 13.5. The van der Waals surface area contributed by atoms with Crippen LogP contribution in [-0.2, 0) is 77.9 Å². The molecule has 0 unspecified atom stereocenters. The second-order valence-corrected chi connectivity index (χ2v) is 38.5. The number of carbonyl (C=O) groups excluding carboxylic acids is 6. The van der Waals surface area contributed by atoms with Gasteiger partial charge >= 0.3 is 17.9 Å². The second-order valence-electron chi connectivity index (χ2n) is 34.5. The summed E-state index contributed by atoms with van der Waals surface area (Å²) in [6, 6.07) is 11.6. The van der Waals surface area contributed by atoms with Crippen LogP contribution in [0.25, 0.3) is 65.9 Å². The number of ether oxygens (including phenoxy) is 7. The Bertz CT molecular complexity index is 6420. The Morgan fingerprint density at radius 2 is 0.764 bits per heavy atom. The maximum absolute atomic E-state index is 14.8. The number of carbonyl (C=O) groups is 6. The standard InChI is InChI=1S/C30H34F2N8O5S.2C29H34F2N8O4S.C6H6O3S/c1-2-44-21-5-3-20(4-6-21)40-15-23(28(37-40)27-22(31)7-8-25(32)36-27)34-29(42)24-17-46-30(35-24)19-13-33-39(14-19)18-45-26(41)16-38-9-11-43-12-10-38;2*1-4-42-19-7-5-18(6-8-19)39-13-21(26(37-39)25-20(30)9-10-23(31)36-25)34-27(40)22-14-44-28(35-22)17-11-33-38(12-17)15-43-29(41)24(32)16(2)3;7-10(8,9)6-4-2-1-3-5-6/h7-8,13-15,17,20-21H,2-6,9-12,16,18H2,1H3,(H,34,42);2*9-14,16,18-19,24H,4-8,15,32H2,1-3H3,(H,34,40);1-5H,(H,7,8,9)/t;2*18?,19?,24-;/m.00./s1. The third kappa shape index (κ3) is 28.5. The number of esters is 3. The molecule has 2 atom stereocenters. The van der Waals surface area contributed by atoms with E-state index in [0.29, 0.717) is 77.8 Å². The van der Waals surface area contributed by atoms with Gasteiger partial charge < -0.3 is 60.6 Å². The highest BCUT2D eigenvalue weighted by molar-refractivity contribution is 7.85. The van der Waals surface area contributed by atoms with Gasteiger partial charge in [-0.2, -0.15) is 52.2 Å². The maximum atomic E-state index is 14.8. The van der Waals surface area contributed by atoms with Crippen molar-refractivity contribution in [3.63, 3.8) is 0 Å². The Kier molecular flexibility index (Phi) is 36.9. The monoisotopic (exact) mass is 2070 g/mol. The Labute approximate surface area is 834 Å². The summed E-state index contributed by atoms with van der Waals surface area (Å²) in [6.07, 6.45) is 24.7. The Hall–Kier alpha value is -13.2. The van der Waals surface area contributed by atoms with E-state index in [1.54, 1.807) is 91.8 Å². The van der Waals surface area contributed by atoms with Crippen LogP contribution in [0.1, 0.15) is 175 Å². The van der Waals surface area contributed by atoms with Crippen LogP contribution in [0.15, 0.2) is 144 Å². The van der Waals surface area contributed by atoms with Crippen molar-refractivity contribution in [2.75, 3.05) is 68.6 Å². The number of halogens is 6. The van der Waals surface area contributed by atoms with Crippen molar-refractivity contribution in [1.82, 2.24) is 93.5 Å². The zero-order valence-corrected chi connectivity index (χ0v) is 82.7. The van der Waals surface area contributed by atoms with E-state index in [2.05, 4.69) is 76.4 Å². The average Bonchev–Trinajstić information content (AvgIpc) is 1.65. The highest BCUT2D eigenvalue weighted by Crippen LogP contribution is 2.40. The van der Waals surface area contributed by atoms with E-state index in [1.807, 2.05) is 53.4 Å². The number of nitrogens with one attached hydrogen (secondary N) is 3. The molecule has 0 spiro atoms. The number of nitrogens with zero attached hydrogens (tertiary/aromatic N) is 19. The van der Waals surface area contributed by atoms with Gasteiger partial charge in [0.2, 0.25) is 17.8 Å². The molecular weight excluding hydrogens is 1960 g/mol. The molecule has 50 heteroatoms. The molecular formula is C94H108F6N24O16S4. The number of nitrogens with two attached hydrogens (primary N) is 2. The second kappa shape index (κ2) is 49.9. The largest absolute Gasteiger partial charge is 0.441 e. The van der Waals surface area contributed by atoms with Crippen LogP contribution in [0.3, 0.4) is 0 Å². The maximum Gasteiger partial charge on any atom is 0.324 e. The molecule has 766 valence electrons. The molecule has 13 heterocycles. The summed E-state index contributed by atoms with van der Waals surface area (Å²) in [6.45, 7) is 17.5. The number of amides is 3. The topological polar surface area (TPSA) is 497 Å². The normalized spacial score (nSPS) is 17.5. The lowest BCUT2D eigenvalue weighted by molar-refractivity contribution is -0.151. The first kappa shape index (κ1) is 107. The summed E-state index contributed by atoms with van der Waals surface area (Å²) in [7, 11) is -4.00. The molecule has 144 heavy (non-hydrogen) atoms. The summed E-state index contributed by atoms with van der Waals surface area (Å²) in [4.78, 5) is 103. The fourth-order valence-electron chi connectivity index (χ4n) is 15.9. The Morgan fingerprint density at radius 1 is 0.444 bits per heavy atom. The minimum absolute atomic E-state index is 0.00113. The van der Waals surface area contributed by atoms with E-state index in [9.17, 15) is 63.5 Å². The third-order valence-corrected chi connectivity index (χ3v) is 27.2. The molecule has 0 bridgehead atoms. The van der Waals surface area contributed by atoms with Gasteiger partial charge in [-0.1, -0.05) is 45.9 Å². The SMILES string of the molecule is CCOC1CCC(n2cc(NC(=O)c3csc(-c4cnn(COC(=O)CN5CCOCC5)c4)n3)c(-c3nc(F)ccc3F)n2)CC1.CCOC1CCC(n2cc(NC(=O)c3csc(-c4cnn(COC(=O)[C@@H](N)C(C)C)c4)n3)c(-c3nc(F)ccc3F)n2)CC1.CCOC1CCC(n2cc(NC(=O)c3csc(-c4cnn(COC(=O)[C@@H](N)C(C)C)c4)n3)c(-c3nc(F)ccc3F)n2)CC1.O=S(=O)(O)c1ccccc1. The fraction of sp³-hybridized carbons (Fsp3) is 0.426. The Balaban J connectivity index is 0.000000163.